The number of anilines is 1. The Morgan fingerprint density at radius 3 is 2.37 bits per heavy atom. The molecular weight excluding hydrogens is 401 g/mol. The molecule has 0 saturated carbocycles. The van der Waals surface area contributed by atoms with Gasteiger partial charge < -0.3 is 15.1 Å². The number of nitrogens with one attached hydrogen (secondary N) is 2. The van der Waals surface area contributed by atoms with E-state index in [2.05, 4.69) is 15.7 Å². The molecule has 0 radical (unpaired) electrons. The van der Waals surface area contributed by atoms with Crippen molar-refractivity contribution in [3.05, 3.63) is 71.4 Å². The van der Waals surface area contributed by atoms with Crippen LogP contribution in [0.2, 0.25) is 0 Å². The van der Waals surface area contributed by atoms with Crippen molar-refractivity contribution in [2.75, 3.05) is 11.9 Å². The molecule has 0 aliphatic carbocycles. The van der Waals surface area contributed by atoms with Crippen LogP contribution in [0.1, 0.15) is 28.8 Å². The van der Waals surface area contributed by atoms with E-state index in [-0.39, 0.29) is 12.2 Å². The van der Waals surface area contributed by atoms with Gasteiger partial charge in [0.25, 0.3) is 0 Å². The predicted octanol–water partition coefficient (Wildman–Crippen LogP) is 3.46. The van der Waals surface area contributed by atoms with Gasteiger partial charge in [-0.15, -0.1) is 0 Å². The summed E-state index contributed by atoms with van der Waals surface area (Å²) in [4.78, 5) is 24.3. The van der Waals surface area contributed by atoms with Crippen molar-refractivity contribution in [1.29, 1.82) is 0 Å². The summed E-state index contributed by atoms with van der Waals surface area (Å²) in [5.74, 6) is -1.39. The van der Waals surface area contributed by atoms with Crippen molar-refractivity contribution >= 4 is 17.5 Å². The Morgan fingerprint density at radius 2 is 1.83 bits per heavy atom. The molecule has 30 heavy (non-hydrogen) atoms. The number of hydrogen-bond donors (Lipinski definition) is 2. The van der Waals surface area contributed by atoms with Crippen LogP contribution in [0.15, 0.2) is 53.1 Å². The van der Waals surface area contributed by atoms with Crippen LogP contribution in [0.5, 0.6) is 0 Å². The summed E-state index contributed by atoms with van der Waals surface area (Å²) in [7, 11) is 0. The first kappa shape index (κ1) is 21.2. The third kappa shape index (κ3) is 4.88. The van der Waals surface area contributed by atoms with E-state index in [1.165, 1.54) is 6.26 Å². The molecule has 2 aromatic heterocycles. The second-order valence-electron chi connectivity index (χ2n) is 6.64. The van der Waals surface area contributed by atoms with Crippen LogP contribution in [0.25, 0.3) is 0 Å². The molecule has 0 aliphatic heterocycles. The molecule has 7 nitrogen and oxygen atoms in total. The second-order valence-corrected chi connectivity index (χ2v) is 6.64. The molecule has 0 bridgehead atoms. The maximum Gasteiger partial charge on any atom is 0.416 e. The van der Waals surface area contributed by atoms with Crippen molar-refractivity contribution in [2.24, 2.45) is 0 Å². The molecule has 3 aromatic rings. The number of aryl methyl sites for hydroxylation is 2. The third-order valence-corrected chi connectivity index (χ3v) is 4.34. The molecule has 2 heterocycles. The first-order chi connectivity index (χ1) is 14.1. The molecule has 2 amide bonds. The summed E-state index contributed by atoms with van der Waals surface area (Å²) in [6.07, 6.45) is -2.99. The number of hydrogen-bond acceptors (Lipinski definition) is 4. The molecule has 0 saturated heterocycles. The fraction of sp³-hybridized carbons (Fsp3) is 0.250. The molecule has 2 N–H and O–H groups in total. The van der Waals surface area contributed by atoms with Gasteiger partial charge in [-0.2, -0.15) is 18.3 Å². The van der Waals surface area contributed by atoms with Gasteiger partial charge in [0.1, 0.15) is 11.8 Å². The molecule has 1 atom stereocenters. The quantitative estimate of drug-likeness (QED) is 0.619. The lowest BCUT2D eigenvalue weighted by molar-refractivity contribution is -0.137. The standard InChI is InChI=1S/C20H19F3N4O3/c1-12-10-13(2)27(26-12)16(17-4-3-9-30-17)11-24-18(28)19(29)25-15-7-5-14(6-8-15)20(21,22)23/h3-10,16H,11H2,1-2H3,(H,24,28)(H,25,29)/t16-/m0/s1. The normalized spacial score (nSPS) is 12.4. The third-order valence-electron chi connectivity index (χ3n) is 4.34. The minimum absolute atomic E-state index is 0.0226. The topological polar surface area (TPSA) is 89.2 Å². The Labute approximate surface area is 169 Å². The molecule has 158 valence electrons. The first-order valence-corrected chi connectivity index (χ1v) is 8.97. The zero-order chi connectivity index (χ0) is 21.9. The molecule has 10 heteroatoms. The Hall–Kier alpha value is -3.56. The maximum absolute atomic E-state index is 12.6. The van der Waals surface area contributed by atoms with E-state index in [0.29, 0.717) is 5.76 Å². The summed E-state index contributed by atoms with van der Waals surface area (Å²) in [5, 5.41) is 9.18. The van der Waals surface area contributed by atoms with E-state index in [1.54, 1.807) is 16.8 Å². The van der Waals surface area contributed by atoms with Gasteiger partial charge in [0.2, 0.25) is 0 Å². The van der Waals surface area contributed by atoms with Crippen LogP contribution in [-0.4, -0.2) is 28.1 Å². The van der Waals surface area contributed by atoms with Crippen molar-refractivity contribution in [1.82, 2.24) is 15.1 Å². The lowest BCUT2D eigenvalue weighted by Crippen LogP contribution is -2.39. The van der Waals surface area contributed by atoms with Gasteiger partial charge in [0, 0.05) is 17.9 Å². The summed E-state index contributed by atoms with van der Waals surface area (Å²) in [5.41, 5.74) is 0.855. The SMILES string of the molecule is Cc1cc(C)n([C@@H](CNC(=O)C(=O)Nc2ccc(C(F)(F)F)cc2)c2ccco2)n1. The van der Waals surface area contributed by atoms with E-state index < -0.39 is 29.6 Å². The average molecular weight is 420 g/mol. The highest BCUT2D eigenvalue weighted by atomic mass is 19.4. The number of carbonyl (C=O) groups is 2. The van der Waals surface area contributed by atoms with E-state index in [4.69, 9.17) is 4.42 Å². The number of alkyl halides is 3. The van der Waals surface area contributed by atoms with Crippen LogP contribution in [-0.2, 0) is 15.8 Å². The zero-order valence-corrected chi connectivity index (χ0v) is 16.2. The number of nitrogens with zero attached hydrogens (tertiary/aromatic N) is 2. The number of rotatable bonds is 5. The molecule has 0 fully saturated rings. The van der Waals surface area contributed by atoms with Crippen LogP contribution < -0.4 is 10.6 Å². The highest BCUT2D eigenvalue weighted by Gasteiger charge is 2.30. The molecular formula is C20H19F3N4O3. The molecule has 0 unspecified atom stereocenters. The summed E-state index contributed by atoms with van der Waals surface area (Å²) >= 11 is 0. The van der Waals surface area contributed by atoms with Crippen molar-refractivity contribution < 1.29 is 27.2 Å². The fourth-order valence-electron chi connectivity index (χ4n) is 2.95. The van der Waals surface area contributed by atoms with Crippen molar-refractivity contribution in [3.63, 3.8) is 0 Å². The summed E-state index contributed by atoms with van der Waals surface area (Å²) in [6, 6.07) is 8.63. The molecule has 1 aromatic carbocycles. The molecule has 0 spiro atoms. The van der Waals surface area contributed by atoms with Crippen LogP contribution in [0, 0.1) is 13.8 Å². The average Bonchev–Trinajstić information content (AvgIpc) is 3.31. The lowest BCUT2D eigenvalue weighted by atomic mass is 10.2. The van der Waals surface area contributed by atoms with Gasteiger partial charge >= 0.3 is 18.0 Å². The van der Waals surface area contributed by atoms with Gasteiger partial charge in [-0.1, -0.05) is 0 Å². The fourth-order valence-corrected chi connectivity index (χ4v) is 2.95. The minimum atomic E-state index is -4.48. The lowest BCUT2D eigenvalue weighted by Gasteiger charge is -2.18. The van der Waals surface area contributed by atoms with Crippen LogP contribution >= 0.6 is 0 Å². The van der Waals surface area contributed by atoms with E-state index in [9.17, 15) is 22.8 Å². The Balaban J connectivity index is 1.65. The van der Waals surface area contributed by atoms with Crippen LogP contribution in [0.3, 0.4) is 0 Å². The molecule has 3 rings (SSSR count). The van der Waals surface area contributed by atoms with Crippen LogP contribution in [0.4, 0.5) is 18.9 Å². The maximum atomic E-state index is 12.6. The summed E-state index contributed by atoms with van der Waals surface area (Å²) < 4.78 is 44.9. The van der Waals surface area contributed by atoms with Gasteiger partial charge in [0.05, 0.1) is 17.5 Å². The van der Waals surface area contributed by atoms with E-state index in [0.717, 1.165) is 35.7 Å². The predicted molar refractivity (Wildman–Crippen MR) is 102 cm³/mol. The Bertz CT molecular complexity index is 1020. The first-order valence-electron chi connectivity index (χ1n) is 8.97. The van der Waals surface area contributed by atoms with Gasteiger partial charge in [-0.3, -0.25) is 14.3 Å². The highest BCUT2D eigenvalue weighted by molar-refractivity contribution is 6.39. The largest absolute Gasteiger partial charge is 0.467 e. The number of carbonyl (C=O) groups excluding carboxylic acids is 2. The second kappa shape index (κ2) is 8.44. The number of furan rings is 1. The monoisotopic (exact) mass is 420 g/mol. The zero-order valence-electron chi connectivity index (χ0n) is 16.2. The van der Waals surface area contributed by atoms with Gasteiger partial charge in [-0.05, 0) is 56.3 Å². The Morgan fingerprint density at radius 1 is 1.13 bits per heavy atom. The van der Waals surface area contributed by atoms with Crippen molar-refractivity contribution in [3.8, 4) is 0 Å². The highest BCUT2D eigenvalue weighted by Crippen LogP contribution is 2.29. The minimum Gasteiger partial charge on any atom is -0.467 e. The summed E-state index contributed by atoms with van der Waals surface area (Å²) in [6.45, 7) is 3.71. The Kier molecular flexibility index (Phi) is 5.95. The smallest absolute Gasteiger partial charge is 0.416 e. The number of aromatic nitrogens is 2. The van der Waals surface area contributed by atoms with E-state index >= 15 is 0 Å². The number of amides is 2. The van der Waals surface area contributed by atoms with Gasteiger partial charge in [-0.25, -0.2) is 0 Å². The van der Waals surface area contributed by atoms with Crippen molar-refractivity contribution in [2.45, 2.75) is 26.1 Å². The van der Waals surface area contributed by atoms with Gasteiger partial charge in [0.15, 0.2) is 0 Å². The number of halogens is 3. The number of benzene rings is 1. The molecule has 0 aliphatic rings. The van der Waals surface area contributed by atoms with E-state index in [1.807, 2.05) is 19.9 Å².